The minimum Gasteiger partial charge on any atom is -0.356 e. The molecule has 20 heavy (non-hydrogen) atoms. The zero-order valence-electron chi connectivity index (χ0n) is 9.85. The topological polar surface area (TPSA) is 105 Å². The highest BCUT2D eigenvalue weighted by atomic mass is 79.9. The quantitative estimate of drug-likeness (QED) is 0.776. The van der Waals surface area contributed by atoms with Crippen LogP contribution in [0.5, 0.6) is 0 Å². The van der Waals surface area contributed by atoms with E-state index in [1.165, 1.54) is 6.07 Å². The third-order valence-corrected chi connectivity index (χ3v) is 3.78. The average molecular weight is 362 g/mol. The Hall–Kier alpha value is -1.71. The highest BCUT2D eigenvalue weighted by Gasteiger charge is 2.14. The summed E-state index contributed by atoms with van der Waals surface area (Å²) in [6.07, 6.45) is 1.55. The summed E-state index contributed by atoms with van der Waals surface area (Å²) in [5.41, 5.74) is 0.0833. The maximum atomic E-state index is 13.7. The van der Waals surface area contributed by atoms with E-state index in [0.717, 1.165) is 18.2 Å². The van der Waals surface area contributed by atoms with Crippen LogP contribution in [0.3, 0.4) is 0 Å². The van der Waals surface area contributed by atoms with Crippen LogP contribution >= 0.6 is 15.9 Å². The van der Waals surface area contributed by atoms with Gasteiger partial charge in [0.1, 0.15) is 11.5 Å². The Morgan fingerprint density at radius 1 is 1.35 bits per heavy atom. The number of benzene rings is 1. The van der Waals surface area contributed by atoms with Crippen LogP contribution in [0.1, 0.15) is 10.5 Å². The Morgan fingerprint density at radius 2 is 2.05 bits per heavy atom. The zero-order valence-corrected chi connectivity index (χ0v) is 12.3. The Morgan fingerprint density at radius 3 is 2.55 bits per heavy atom. The van der Waals surface area contributed by atoms with Gasteiger partial charge in [0.25, 0.3) is 5.91 Å². The number of aromatic nitrogens is 1. The van der Waals surface area contributed by atoms with Crippen molar-refractivity contribution in [2.24, 2.45) is 5.14 Å². The summed E-state index contributed by atoms with van der Waals surface area (Å²) >= 11 is 3.17. The van der Waals surface area contributed by atoms with Crippen molar-refractivity contribution in [1.29, 1.82) is 0 Å². The van der Waals surface area contributed by atoms with Gasteiger partial charge in [0, 0.05) is 10.7 Å². The Bertz CT molecular complexity index is 773. The van der Waals surface area contributed by atoms with Crippen LogP contribution < -0.4 is 10.5 Å². The molecule has 4 N–H and O–H groups in total. The molecule has 0 saturated carbocycles. The van der Waals surface area contributed by atoms with Gasteiger partial charge in [-0.2, -0.15) is 0 Å². The molecular weight excluding hydrogens is 353 g/mol. The van der Waals surface area contributed by atoms with Crippen LogP contribution in [0.4, 0.5) is 10.1 Å². The molecule has 0 spiro atoms. The first-order valence-corrected chi connectivity index (χ1v) is 7.59. The van der Waals surface area contributed by atoms with E-state index < -0.39 is 21.7 Å². The number of anilines is 1. The molecule has 0 unspecified atom stereocenters. The zero-order chi connectivity index (χ0) is 14.9. The SMILES string of the molecule is NS(=O)(=O)c1ccc(NC(=O)c2cc(Br)c[nH]2)c(F)c1. The van der Waals surface area contributed by atoms with Crippen LogP contribution in [0.2, 0.25) is 0 Å². The van der Waals surface area contributed by atoms with Crippen LogP contribution in [-0.4, -0.2) is 19.3 Å². The fourth-order valence-corrected chi connectivity index (χ4v) is 2.33. The van der Waals surface area contributed by atoms with Crippen LogP contribution in [0.25, 0.3) is 0 Å². The van der Waals surface area contributed by atoms with E-state index in [1.54, 1.807) is 6.20 Å². The molecule has 0 aliphatic carbocycles. The van der Waals surface area contributed by atoms with Crippen LogP contribution in [0.15, 0.2) is 39.8 Å². The molecule has 0 bridgehead atoms. The largest absolute Gasteiger partial charge is 0.356 e. The Kier molecular flexibility index (Phi) is 3.93. The maximum absolute atomic E-state index is 13.7. The van der Waals surface area contributed by atoms with Gasteiger partial charge in [-0.1, -0.05) is 0 Å². The highest BCUT2D eigenvalue weighted by Crippen LogP contribution is 2.19. The van der Waals surface area contributed by atoms with Crippen molar-refractivity contribution in [1.82, 2.24) is 4.98 Å². The number of aromatic amines is 1. The number of carbonyl (C=O) groups is 1. The Balaban J connectivity index is 2.25. The fourth-order valence-electron chi connectivity index (χ4n) is 1.46. The molecule has 1 aromatic carbocycles. The molecule has 2 rings (SSSR count). The first kappa shape index (κ1) is 14.7. The predicted octanol–water partition coefficient (Wildman–Crippen LogP) is 1.82. The summed E-state index contributed by atoms with van der Waals surface area (Å²) in [6.45, 7) is 0. The molecule has 1 amide bonds. The molecule has 6 nitrogen and oxygen atoms in total. The van der Waals surface area contributed by atoms with Gasteiger partial charge < -0.3 is 10.3 Å². The molecule has 1 heterocycles. The molecule has 0 aliphatic heterocycles. The molecule has 2 aromatic rings. The first-order valence-electron chi connectivity index (χ1n) is 5.25. The van der Waals surface area contributed by atoms with Crippen LogP contribution in [-0.2, 0) is 10.0 Å². The number of halogens is 2. The second kappa shape index (κ2) is 5.35. The standard InChI is InChI=1S/C11H9BrFN3O3S/c12-6-3-10(15-5-6)11(17)16-9-2-1-7(4-8(9)13)20(14,18)19/h1-5,15H,(H,16,17)(H2,14,18,19). The van der Waals surface area contributed by atoms with Crippen molar-refractivity contribution in [2.45, 2.75) is 4.90 Å². The molecule has 9 heteroatoms. The van der Waals surface area contributed by atoms with Crippen molar-refractivity contribution in [3.8, 4) is 0 Å². The molecule has 0 saturated heterocycles. The number of nitrogens with one attached hydrogen (secondary N) is 2. The molecule has 0 aliphatic rings. The van der Waals surface area contributed by atoms with Crippen molar-refractivity contribution < 1.29 is 17.6 Å². The van der Waals surface area contributed by atoms with E-state index in [0.29, 0.717) is 4.47 Å². The molecule has 1 aromatic heterocycles. The minimum absolute atomic E-state index is 0.145. The number of carbonyl (C=O) groups excluding carboxylic acids is 1. The lowest BCUT2D eigenvalue weighted by atomic mass is 10.3. The molecule has 106 valence electrons. The van der Waals surface area contributed by atoms with Gasteiger partial charge in [0.05, 0.1) is 10.6 Å². The lowest BCUT2D eigenvalue weighted by Crippen LogP contribution is -2.15. The van der Waals surface area contributed by atoms with E-state index in [2.05, 4.69) is 26.2 Å². The lowest BCUT2D eigenvalue weighted by Gasteiger charge is -2.06. The van der Waals surface area contributed by atoms with E-state index in [-0.39, 0.29) is 16.3 Å². The normalized spacial score (nSPS) is 11.3. The number of nitrogens with two attached hydrogens (primary N) is 1. The van der Waals surface area contributed by atoms with Crippen molar-refractivity contribution in [3.63, 3.8) is 0 Å². The summed E-state index contributed by atoms with van der Waals surface area (Å²) in [5.74, 6) is -1.45. The minimum atomic E-state index is -3.98. The van der Waals surface area contributed by atoms with Gasteiger partial charge >= 0.3 is 0 Å². The number of sulfonamides is 1. The van der Waals surface area contributed by atoms with Gasteiger partial charge in [-0.25, -0.2) is 17.9 Å². The fraction of sp³-hybridized carbons (Fsp3) is 0. The summed E-state index contributed by atoms with van der Waals surface area (Å²) in [7, 11) is -3.98. The van der Waals surface area contributed by atoms with E-state index in [1.807, 2.05) is 0 Å². The van der Waals surface area contributed by atoms with Crippen LogP contribution in [0, 0.1) is 5.82 Å². The second-order valence-electron chi connectivity index (χ2n) is 3.87. The molecule has 0 radical (unpaired) electrons. The summed E-state index contributed by atoms with van der Waals surface area (Å²) in [6, 6.07) is 4.51. The summed E-state index contributed by atoms with van der Waals surface area (Å²) in [4.78, 5) is 14.1. The number of primary sulfonamides is 1. The lowest BCUT2D eigenvalue weighted by molar-refractivity contribution is 0.102. The smallest absolute Gasteiger partial charge is 0.272 e. The summed E-state index contributed by atoms with van der Waals surface area (Å²) < 4.78 is 36.5. The average Bonchev–Trinajstić information content (AvgIpc) is 2.77. The van der Waals surface area contributed by atoms with Crippen molar-refractivity contribution in [2.75, 3.05) is 5.32 Å². The summed E-state index contributed by atoms with van der Waals surface area (Å²) in [5, 5.41) is 7.20. The molecule has 0 fully saturated rings. The third kappa shape index (κ3) is 3.24. The predicted molar refractivity (Wildman–Crippen MR) is 74.2 cm³/mol. The monoisotopic (exact) mass is 361 g/mol. The first-order chi connectivity index (χ1) is 9.27. The van der Waals surface area contributed by atoms with Crippen molar-refractivity contribution in [3.05, 3.63) is 46.4 Å². The number of hydrogen-bond acceptors (Lipinski definition) is 3. The number of hydrogen-bond donors (Lipinski definition) is 3. The molecular formula is C11H9BrFN3O3S. The molecule has 0 atom stereocenters. The van der Waals surface area contributed by atoms with E-state index in [9.17, 15) is 17.6 Å². The maximum Gasteiger partial charge on any atom is 0.272 e. The van der Waals surface area contributed by atoms with Gasteiger partial charge in [-0.05, 0) is 40.2 Å². The second-order valence-corrected chi connectivity index (χ2v) is 6.35. The van der Waals surface area contributed by atoms with Gasteiger partial charge in [-0.3, -0.25) is 4.79 Å². The third-order valence-electron chi connectivity index (χ3n) is 2.41. The van der Waals surface area contributed by atoms with Gasteiger partial charge in [-0.15, -0.1) is 0 Å². The van der Waals surface area contributed by atoms with E-state index >= 15 is 0 Å². The van der Waals surface area contributed by atoms with Crippen molar-refractivity contribution >= 4 is 37.5 Å². The number of rotatable bonds is 3. The Labute approximate surface area is 122 Å². The number of amides is 1. The number of H-pyrrole nitrogens is 1. The van der Waals surface area contributed by atoms with Gasteiger partial charge in [0.15, 0.2) is 0 Å². The van der Waals surface area contributed by atoms with E-state index in [4.69, 9.17) is 5.14 Å². The highest BCUT2D eigenvalue weighted by molar-refractivity contribution is 9.10. The van der Waals surface area contributed by atoms with Gasteiger partial charge in [0.2, 0.25) is 10.0 Å².